The summed E-state index contributed by atoms with van der Waals surface area (Å²) in [5.41, 5.74) is 11.4. The van der Waals surface area contributed by atoms with Crippen LogP contribution in [0.15, 0.2) is 54.6 Å². The first kappa shape index (κ1) is 17.5. The molecule has 0 saturated heterocycles. The first-order valence-electron chi connectivity index (χ1n) is 7.20. The summed E-state index contributed by atoms with van der Waals surface area (Å²) < 4.78 is 10.6. The van der Waals surface area contributed by atoms with E-state index in [2.05, 4.69) is 0 Å². The summed E-state index contributed by atoms with van der Waals surface area (Å²) in [6.07, 6.45) is 0. The fraction of sp³-hybridized carbons (Fsp3) is 0.176. The number of hydrogen-bond acceptors (Lipinski definition) is 6. The molecule has 2 rings (SSSR count). The Kier molecular flexibility index (Phi) is 5.89. The summed E-state index contributed by atoms with van der Waals surface area (Å²) in [6.45, 7) is -0.0372. The van der Waals surface area contributed by atoms with Crippen LogP contribution in [0.25, 0.3) is 0 Å². The summed E-state index contributed by atoms with van der Waals surface area (Å²) in [4.78, 5) is 22.3. The van der Waals surface area contributed by atoms with E-state index in [1.165, 1.54) is 0 Å². The van der Waals surface area contributed by atoms with E-state index in [1.54, 1.807) is 24.3 Å². The topological polar surface area (TPSA) is 125 Å². The predicted octanol–water partition coefficient (Wildman–Crippen LogP) is 1.26. The molecular weight excluding hydrogens is 312 g/mol. The molecule has 7 heteroatoms. The number of esters is 1. The van der Waals surface area contributed by atoms with Gasteiger partial charge in [-0.15, -0.1) is 0 Å². The number of carbonyl (C=O) groups is 2. The van der Waals surface area contributed by atoms with Crippen LogP contribution in [-0.4, -0.2) is 29.1 Å². The van der Waals surface area contributed by atoms with Crippen LogP contribution in [0.5, 0.6) is 11.5 Å². The molecule has 0 heterocycles. The lowest BCUT2D eigenvalue weighted by molar-refractivity contribution is -0.151. The largest absolute Gasteiger partial charge is 0.480 e. The van der Waals surface area contributed by atoms with Crippen molar-refractivity contribution in [2.45, 2.75) is 18.7 Å². The highest BCUT2D eigenvalue weighted by atomic mass is 16.5. The normalized spacial score (nSPS) is 12.9. The molecule has 5 N–H and O–H groups in total. The Morgan fingerprint density at radius 1 is 0.917 bits per heavy atom. The highest BCUT2D eigenvalue weighted by molar-refractivity contribution is 5.85. The fourth-order valence-electron chi connectivity index (χ4n) is 1.83. The van der Waals surface area contributed by atoms with Crippen LogP contribution in [-0.2, 0) is 20.9 Å². The van der Waals surface area contributed by atoms with Gasteiger partial charge in [0.15, 0.2) is 0 Å². The van der Waals surface area contributed by atoms with Crippen molar-refractivity contribution in [1.29, 1.82) is 0 Å². The van der Waals surface area contributed by atoms with E-state index >= 15 is 0 Å². The van der Waals surface area contributed by atoms with Crippen LogP contribution in [0.3, 0.4) is 0 Å². The molecule has 0 aliphatic heterocycles. The number of ether oxygens (including phenoxy) is 2. The fourth-order valence-corrected chi connectivity index (χ4v) is 1.83. The molecule has 0 saturated carbocycles. The summed E-state index contributed by atoms with van der Waals surface area (Å²) in [5, 5.41) is 8.71. The Balaban J connectivity index is 1.88. The van der Waals surface area contributed by atoms with E-state index in [0.29, 0.717) is 17.1 Å². The number of nitrogens with two attached hydrogens (primary N) is 2. The summed E-state index contributed by atoms with van der Waals surface area (Å²) in [6, 6.07) is 13.3. The maximum absolute atomic E-state index is 11.7. The van der Waals surface area contributed by atoms with Crippen molar-refractivity contribution >= 4 is 11.9 Å². The molecule has 7 nitrogen and oxygen atoms in total. The minimum atomic E-state index is -1.50. The van der Waals surface area contributed by atoms with Gasteiger partial charge in [0, 0.05) is 0 Å². The minimum absolute atomic E-state index is 0.0372. The first-order chi connectivity index (χ1) is 11.5. The number of benzene rings is 2. The lowest BCUT2D eigenvalue weighted by Gasteiger charge is -2.15. The number of hydrogen-bond donors (Lipinski definition) is 3. The van der Waals surface area contributed by atoms with Crippen molar-refractivity contribution in [3.8, 4) is 11.5 Å². The van der Waals surface area contributed by atoms with Gasteiger partial charge in [0.25, 0.3) is 0 Å². The van der Waals surface area contributed by atoms with Gasteiger partial charge in [0.2, 0.25) is 0 Å². The standard InChI is InChI=1S/C17H18N2O5/c18-14(16(20)21)15(19)17(22)23-10-11-6-8-13(9-7-11)24-12-4-2-1-3-5-12/h1-9,14-15H,10,18-19H2,(H,20,21)/t14?,15-/m0/s1. The van der Waals surface area contributed by atoms with E-state index in [0.717, 1.165) is 0 Å². The van der Waals surface area contributed by atoms with E-state index in [9.17, 15) is 9.59 Å². The molecule has 2 aromatic carbocycles. The zero-order valence-corrected chi connectivity index (χ0v) is 12.8. The second-order valence-corrected chi connectivity index (χ2v) is 5.06. The van der Waals surface area contributed by atoms with Crippen molar-refractivity contribution < 1.29 is 24.2 Å². The maximum Gasteiger partial charge on any atom is 0.325 e. The molecule has 0 fully saturated rings. The molecule has 0 spiro atoms. The Morgan fingerprint density at radius 2 is 1.50 bits per heavy atom. The third kappa shape index (κ3) is 4.80. The van der Waals surface area contributed by atoms with Crippen molar-refractivity contribution in [3.63, 3.8) is 0 Å². The number of rotatable bonds is 7. The van der Waals surface area contributed by atoms with Crippen molar-refractivity contribution in [2.24, 2.45) is 11.5 Å². The minimum Gasteiger partial charge on any atom is -0.480 e. The quantitative estimate of drug-likeness (QED) is 0.653. The number of carboxylic acids is 1. The summed E-state index contributed by atoms with van der Waals surface area (Å²) in [5.74, 6) is -0.873. The SMILES string of the molecule is NC(C(=O)O)[C@H](N)C(=O)OCc1ccc(Oc2ccccc2)cc1. The molecule has 0 aliphatic rings. The summed E-state index contributed by atoms with van der Waals surface area (Å²) >= 11 is 0. The Labute approximate surface area is 138 Å². The van der Waals surface area contributed by atoms with Crippen molar-refractivity contribution in [1.82, 2.24) is 0 Å². The van der Waals surface area contributed by atoms with Gasteiger partial charge in [0.05, 0.1) is 0 Å². The van der Waals surface area contributed by atoms with Gasteiger partial charge in [-0.1, -0.05) is 30.3 Å². The van der Waals surface area contributed by atoms with Crippen LogP contribution in [0.1, 0.15) is 5.56 Å². The number of carbonyl (C=O) groups excluding carboxylic acids is 1. The number of para-hydroxylation sites is 1. The first-order valence-corrected chi connectivity index (χ1v) is 7.20. The molecule has 0 aliphatic carbocycles. The smallest absolute Gasteiger partial charge is 0.325 e. The van der Waals surface area contributed by atoms with E-state index in [-0.39, 0.29) is 6.61 Å². The average Bonchev–Trinajstić information content (AvgIpc) is 2.60. The third-order valence-electron chi connectivity index (χ3n) is 3.23. The average molecular weight is 330 g/mol. The van der Waals surface area contributed by atoms with Crippen molar-refractivity contribution in [2.75, 3.05) is 0 Å². The van der Waals surface area contributed by atoms with Crippen LogP contribution in [0.2, 0.25) is 0 Å². The molecule has 0 radical (unpaired) electrons. The number of carboxylic acid groups (broad SMARTS) is 1. The third-order valence-corrected chi connectivity index (χ3v) is 3.23. The van der Waals surface area contributed by atoms with Gasteiger partial charge in [-0.25, -0.2) is 0 Å². The molecule has 0 amide bonds. The maximum atomic E-state index is 11.7. The Hall–Kier alpha value is -2.90. The Morgan fingerprint density at radius 3 is 2.08 bits per heavy atom. The van der Waals surface area contributed by atoms with Gasteiger partial charge in [0.1, 0.15) is 30.2 Å². The molecule has 126 valence electrons. The van der Waals surface area contributed by atoms with Gasteiger partial charge in [-0.3, -0.25) is 9.59 Å². The molecule has 2 atom stereocenters. The Bertz CT molecular complexity index is 688. The van der Waals surface area contributed by atoms with Crippen molar-refractivity contribution in [3.05, 3.63) is 60.2 Å². The van der Waals surface area contributed by atoms with Gasteiger partial charge < -0.3 is 26.0 Å². The molecule has 24 heavy (non-hydrogen) atoms. The zero-order chi connectivity index (χ0) is 17.5. The van der Waals surface area contributed by atoms with E-state index in [1.807, 2.05) is 30.3 Å². The second kappa shape index (κ2) is 8.09. The lowest BCUT2D eigenvalue weighted by atomic mass is 10.1. The van der Waals surface area contributed by atoms with E-state index < -0.39 is 24.0 Å². The monoisotopic (exact) mass is 330 g/mol. The molecule has 0 bridgehead atoms. The second-order valence-electron chi connectivity index (χ2n) is 5.06. The highest BCUT2D eigenvalue weighted by Crippen LogP contribution is 2.21. The molecule has 0 aromatic heterocycles. The predicted molar refractivity (Wildman–Crippen MR) is 86.3 cm³/mol. The van der Waals surface area contributed by atoms with Crippen LogP contribution in [0.4, 0.5) is 0 Å². The van der Waals surface area contributed by atoms with Gasteiger partial charge in [-0.05, 0) is 29.8 Å². The molecule has 1 unspecified atom stereocenters. The summed E-state index contributed by atoms with van der Waals surface area (Å²) in [7, 11) is 0. The number of aliphatic carboxylic acids is 1. The van der Waals surface area contributed by atoms with Crippen LogP contribution < -0.4 is 16.2 Å². The zero-order valence-electron chi connectivity index (χ0n) is 12.8. The highest BCUT2D eigenvalue weighted by Gasteiger charge is 2.28. The lowest BCUT2D eigenvalue weighted by Crippen LogP contribution is -2.52. The van der Waals surface area contributed by atoms with Crippen LogP contribution >= 0.6 is 0 Å². The van der Waals surface area contributed by atoms with Crippen LogP contribution in [0, 0.1) is 0 Å². The van der Waals surface area contributed by atoms with Gasteiger partial charge >= 0.3 is 11.9 Å². The van der Waals surface area contributed by atoms with E-state index in [4.69, 9.17) is 26.0 Å². The van der Waals surface area contributed by atoms with Gasteiger partial charge in [-0.2, -0.15) is 0 Å². The molecular formula is C17H18N2O5. The molecule has 2 aromatic rings.